The molecule has 0 radical (unpaired) electrons. The van der Waals surface area contributed by atoms with Crippen LogP contribution >= 0.6 is 0 Å². The minimum Gasteiger partial charge on any atom is -0.468 e. The van der Waals surface area contributed by atoms with Gasteiger partial charge in [0.1, 0.15) is 11.6 Å². The fourth-order valence-electron chi connectivity index (χ4n) is 3.42. The van der Waals surface area contributed by atoms with Crippen molar-refractivity contribution in [2.45, 2.75) is 30.8 Å². The van der Waals surface area contributed by atoms with E-state index in [1.54, 1.807) is 18.3 Å². The van der Waals surface area contributed by atoms with Gasteiger partial charge in [0, 0.05) is 31.4 Å². The maximum atomic E-state index is 12.5. The molecule has 162 valence electrons. The molecule has 0 atom stereocenters. The molecule has 9 heteroatoms. The number of amides is 1. The number of aromatic nitrogens is 1. The van der Waals surface area contributed by atoms with Gasteiger partial charge in [0.2, 0.25) is 10.0 Å². The highest BCUT2D eigenvalue weighted by atomic mass is 32.2. The van der Waals surface area contributed by atoms with Crippen LogP contribution in [-0.4, -0.2) is 32.4 Å². The van der Waals surface area contributed by atoms with E-state index in [9.17, 15) is 13.2 Å². The monoisotopic (exact) mass is 440 g/mol. The van der Waals surface area contributed by atoms with Crippen molar-refractivity contribution < 1.29 is 17.6 Å². The number of benzene rings is 1. The molecular formula is C22H24N4O4S. The summed E-state index contributed by atoms with van der Waals surface area (Å²) in [7, 11) is -3.70. The Morgan fingerprint density at radius 3 is 2.55 bits per heavy atom. The largest absolute Gasteiger partial charge is 0.468 e. The molecule has 1 fully saturated rings. The van der Waals surface area contributed by atoms with Crippen LogP contribution in [0.15, 0.2) is 70.3 Å². The number of nitrogens with one attached hydrogen (secondary N) is 2. The minimum absolute atomic E-state index is 0.0585. The predicted octanol–water partition coefficient (Wildman–Crippen LogP) is 2.68. The third-order valence-electron chi connectivity index (χ3n) is 5.14. The predicted molar refractivity (Wildman–Crippen MR) is 116 cm³/mol. The summed E-state index contributed by atoms with van der Waals surface area (Å²) in [5.74, 6) is 1.18. The summed E-state index contributed by atoms with van der Waals surface area (Å²) in [6, 6.07) is 13.1. The lowest BCUT2D eigenvalue weighted by Crippen LogP contribution is -2.25. The van der Waals surface area contributed by atoms with E-state index in [1.807, 2.05) is 12.1 Å². The Balaban J connectivity index is 1.34. The molecule has 8 nitrogen and oxygen atoms in total. The van der Waals surface area contributed by atoms with Crippen molar-refractivity contribution in [3.8, 4) is 0 Å². The Kier molecular flexibility index (Phi) is 6.34. The number of nitrogens with zero attached hydrogens (tertiary/aromatic N) is 2. The van der Waals surface area contributed by atoms with Crippen LogP contribution in [0.25, 0.3) is 0 Å². The van der Waals surface area contributed by atoms with E-state index in [4.69, 9.17) is 4.42 Å². The number of anilines is 1. The first-order valence-electron chi connectivity index (χ1n) is 10.1. The van der Waals surface area contributed by atoms with E-state index >= 15 is 0 Å². The van der Waals surface area contributed by atoms with E-state index in [0.717, 1.165) is 24.5 Å². The van der Waals surface area contributed by atoms with Crippen LogP contribution in [0, 0.1) is 0 Å². The van der Waals surface area contributed by atoms with Crippen LogP contribution in [0.4, 0.5) is 5.82 Å². The average Bonchev–Trinajstić information content (AvgIpc) is 3.51. The van der Waals surface area contributed by atoms with Crippen molar-refractivity contribution in [3.05, 3.63) is 77.9 Å². The number of hydrogen-bond donors (Lipinski definition) is 2. The maximum absolute atomic E-state index is 12.5. The summed E-state index contributed by atoms with van der Waals surface area (Å²) in [6.07, 6.45) is 5.58. The van der Waals surface area contributed by atoms with Crippen LogP contribution < -0.4 is 14.9 Å². The standard InChI is InChI=1S/C22H24N4O4S/c27-22(24-15-17-9-10-23-21(14-17)26-11-1-2-12-26)18-5-7-20(8-6-18)31(28,29)25-16-19-4-3-13-30-19/h3-10,13-14,25H,1-2,11-12,15-16H2,(H,24,27). The van der Waals surface area contributed by atoms with Gasteiger partial charge < -0.3 is 14.6 Å². The van der Waals surface area contributed by atoms with E-state index in [0.29, 0.717) is 17.9 Å². The maximum Gasteiger partial charge on any atom is 0.251 e. The zero-order valence-electron chi connectivity index (χ0n) is 17.0. The van der Waals surface area contributed by atoms with Gasteiger partial charge in [0.15, 0.2) is 0 Å². The highest BCUT2D eigenvalue weighted by Gasteiger charge is 2.16. The third-order valence-corrected chi connectivity index (χ3v) is 6.55. The Bertz CT molecular complexity index is 1120. The van der Waals surface area contributed by atoms with Crippen molar-refractivity contribution in [2.75, 3.05) is 18.0 Å². The lowest BCUT2D eigenvalue weighted by molar-refractivity contribution is 0.0951. The second kappa shape index (κ2) is 9.32. The van der Waals surface area contributed by atoms with Gasteiger partial charge in [-0.3, -0.25) is 4.79 Å². The molecule has 1 saturated heterocycles. The Labute approximate surface area is 181 Å². The van der Waals surface area contributed by atoms with Crippen molar-refractivity contribution in [2.24, 2.45) is 0 Å². The number of carbonyl (C=O) groups excluding carboxylic acids is 1. The molecule has 0 spiro atoms. The van der Waals surface area contributed by atoms with Crippen LogP contribution in [0.2, 0.25) is 0 Å². The van der Waals surface area contributed by atoms with Crippen molar-refractivity contribution in [3.63, 3.8) is 0 Å². The fourth-order valence-corrected chi connectivity index (χ4v) is 4.42. The second-order valence-electron chi connectivity index (χ2n) is 7.33. The summed E-state index contributed by atoms with van der Waals surface area (Å²) in [5, 5.41) is 2.87. The molecule has 4 rings (SSSR count). The molecule has 2 aromatic heterocycles. The molecule has 0 unspecified atom stereocenters. The zero-order chi connectivity index (χ0) is 21.7. The number of hydrogen-bond acceptors (Lipinski definition) is 6. The SMILES string of the molecule is O=C(NCc1ccnc(N2CCCC2)c1)c1ccc(S(=O)(=O)NCc2ccco2)cc1. The van der Waals surface area contributed by atoms with Gasteiger partial charge in [-0.1, -0.05) is 0 Å². The number of rotatable bonds is 8. The normalized spacial score (nSPS) is 14.0. The fraction of sp³-hybridized carbons (Fsp3) is 0.273. The lowest BCUT2D eigenvalue weighted by Gasteiger charge is -2.17. The van der Waals surface area contributed by atoms with Crippen LogP contribution in [0.1, 0.15) is 34.5 Å². The van der Waals surface area contributed by atoms with E-state index in [1.165, 1.54) is 43.4 Å². The van der Waals surface area contributed by atoms with Crippen LogP contribution in [0.3, 0.4) is 0 Å². The van der Waals surface area contributed by atoms with Gasteiger partial charge in [-0.2, -0.15) is 0 Å². The van der Waals surface area contributed by atoms with Gasteiger partial charge >= 0.3 is 0 Å². The molecule has 1 aliphatic heterocycles. The number of furan rings is 1. The topological polar surface area (TPSA) is 105 Å². The van der Waals surface area contributed by atoms with Gasteiger partial charge in [0.05, 0.1) is 17.7 Å². The van der Waals surface area contributed by atoms with Gasteiger partial charge in [-0.05, 0) is 66.9 Å². The van der Waals surface area contributed by atoms with Gasteiger partial charge in [-0.15, -0.1) is 0 Å². The van der Waals surface area contributed by atoms with Crippen molar-refractivity contribution in [1.29, 1.82) is 0 Å². The average molecular weight is 441 g/mol. The Morgan fingerprint density at radius 2 is 1.84 bits per heavy atom. The summed E-state index contributed by atoms with van der Waals surface area (Å²) >= 11 is 0. The third kappa shape index (κ3) is 5.31. The highest BCUT2D eigenvalue weighted by molar-refractivity contribution is 7.89. The minimum atomic E-state index is -3.70. The molecular weight excluding hydrogens is 416 g/mol. The number of sulfonamides is 1. The van der Waals surface area contributed by atoms with Crippen molar-refractivity contribution in [1.82, 2.24) is 15.0 Å². The number of pyridine rings is 1. The summed E-state index contributed by atoms with van der Waals surface area (Å²) in [5.41, 5.74) is 1.35. The highest BCUT2D eigenvalue weighted by Crippen LogP contribution is 2.18. The molecule has 0 bridgehead atoms. The van der Waals surface area contributed by atoms with E-state index in [-0.39, 0.29) is 17.3 Å². The first kappa shape index (κ1) is 21.1. The zero-order valence-corrected chi connectivity index (χ0v) is 17.8. The summed E-state index contributed by atoms with van der Waals surface area (Å²) in [6.45, 7) is 2.44. The van der Waals surface area contributed by atoms with Gasteiger partial charge in [0.25, 0.3) is 5.91 Å². The van der Waals surface area contributed by atoms with Crippen LogP contribution in [-0.2, 0) is 23.1 Å². The molecule has 0 saturated carbocycles. The van der Waals surface area contributed by atoms with Gasteiger partial charge in [-0.25, -0.2) is 18.1 Å². The smallest absolute Gasteiger partial charge is 0.251 e. The summed E-state index contributed by atoms with van der Waals surface area (Å²) < 4.78 is 32.4. The molecule has 1 amide bonds. The molecule has 1 aliphatic rings. The van der Waals surface area contributed by atoms with Crippen LogP contribution in [0.5, 0.6) is 0 Å². The molecule has 2 N–H and O–H groups in total. The lowest BCUT2D eigenvalue weighted by atomic mass is 10.2. The quantitative estimate of drug-likeness (QED) is 0.558. The van der Waals surface area contributed by atoms with Crippen molar-refractivity contribution >= 4 is 21.7 Å². The first-order chi connectivity index (χ1) is 15.0. The summed E-state index contributed by atoms with van der Waals surface area (Å²) in [4.78, 5) is 19.2. The molecule has 3 heterocycles. The molecule has 31 heavy (non-hydrogen) atoms. The second-order valence-corrected chi connectivity index (χ2v) is 9.09. The molecule has 3 aromatic rings. The van der Waals surface area contributed by atoms with E-state index in [2.05, 4.69) is 19.9 Å². The number of carbonyl (C=O) groups is 1. The Morgan fingerprint density at radius 1 is 1.06 bits per heavy atom. The molecule has 1 aromatic carbocycles. The first-order valence-corrected chi connectivity index (χ1v) is 11.6. The van der Waals surface area contributed by atoms with E-state index < -0.39 is 10.0 Å². The molecule has 0 aliphatic carbocycles. The Hall–Kier alpha value is -3.17.